The standard InChI is InChI=1S/C17H27BrN4O3/c1-11(2)10-25-17(24)22-7-5-6-21(8-9-22)16(23)15-13(18)14(12(3)4)19-20-15/h11-12H,5-10H2,1-4H3,(H,19,20). The van der Waals surface area contributed by atoms with Crippen LogP contribution in [0.3, 0.4) is 0 Å². The summed E-state index contributed by atoms with van der Waals surface area (Å²) in [7, 11) is 0. The number of hydrogen-bond acceptors (Lipinski definition) is 4. The summed E-state index contributed by atoms with van der Waals surface area (Å²) < 4.78 is 6.01. The molecule has 7 nitrogen and oxygen atoms in total. The lowest BCUT2D eigenvalue weighted by molar-refractivity contribution is 0.0740. The Balaban J connectivity index is 1.98. The van der Waals surface area contributed by atoms with Crippen LogP contribution in [0.15, 0.2) is 4.47 Å². The Kier molecular flexibility index (Phi) is 6.87. The van der Waals surface area contributed by atoms with Crippen molar-refractivity contribution in [1.29, 1.82) is 0 Å². The third kappa shape index (κ3) is 4.96. The van der Waals surface area contributed by atoms with E-state index in [0.717, 1.165) is 16.6 Å². The number of ether oxygens (including phenoxy) is 1. The van der Waals surface area contributed by atoms with E-state index in [9.17, 15) is 9.59 Å². The molecule has 1 N–H and O–H groups in total. The van der Waals surface area contributed by atoms with Gasteiger partial charge in [-0.25, -0.2) is 4.79 Å². The summed E-state index contributed by atoms with van der Waals surface area (Å²) in [5.41, 5.74) is 1.32. The highest BCUT2D eigenvalue weighted by Crippen LogP contribution is 2.26. The second-order valence-electron chi connectivity index (χ2n) is 7.06. The van der Waals surface area contributed by atoms with Crippen molar-refractivity contribution in [3.05, 3.63) is 15.9 Å². The summed E-state index contributed by atoms with van der Waals surface area (Å²) in [6, 6.07) is 0. The van der Waals surface area contributed by atoms with Crippen LogP contribution >= 0.6 is 15.9 Å². The van der Waals surface area contributed by atoms with Crippen molar-refractivity contribution < 1.29 is 14.3 Å². The second kappa shape index (κ2) is 8.69. The fourth-order valence-corrected chi connectivity index (χ4v) is 3.45. The van der Waals surface area contributed by atoms with E-state index in [0.29, 0.717) is 44.4 Å². The molecule has 8 heteroatoms. The van der Waals surface area contributed by atoms with E-state index in [-0.39, 0.29) is 17.9 Å². The van der Waals surface area contributed by atoms with Gasteiger partial charge in [-0.3, -0.25) is 9.89 Å². The molecule has 1 aliphatic heterocycles. The van der Waals surface area contributed by atoms with Crippen molar-refractivity contribution >= 4 is 27.9 Å². The first kappa shape index (κ1) is 19.8. The predicted octanol–water partition coefficient (Wildman–Crippen LogP) is 3.24. The van der Waals surface area contributed by atoms with Gasteiger partial charge in [0.05, 0.1) is 16.8 Å². The summed E-state index contributed by atoms with van der Waals surface area (Å²) in [4.78, 5) is 28.3. The van der Waals surface area contributed by atoms with Gasteiger partial charge >= 0.3 is 6.09 Å². The number of aromatic amines is 1. The highest BCUT2D eigenvalue weighted by molar-refractivity contribution is 9.10. The van der Waals surface area contributed by atoms with Gasteiger partial charge in [0, 0.05) is 26.2 Å². The topological polar surface area (TPSA) is 78.5 Å². The Morgan fingerprint density at radius 3 is 2.40 bits per heavy atom. The summed E-state index contributed by atoms with van der Waals surface area (Å²) in [5, 5.41) is 7.11. The summed E-state index contributed by atoms with van der Waals surface area (Å²) >= 11 is 3.48. The lowest BCUT2D eigenvalue weighted by Crippen LogP contribution is -2.38. The molecule has 1 fully saturated rings. The normalized spacial score (nSPS) is 15.6. The number of hydrogen-bond donors (Lipinski definition) is 1. The number of nitrogens with zero attached hydrogens (tertiary/aromatic N) is 3. The van der Waals surface area contributed by atoms with Crippen molar-refractivity contribution in [2.75, 3.05) is 32.8 Å². The molecule has 0 bridgehead atoms. The van der Waals surface area contributed by atoms with Crippen LogP contribution in [0.25, 0.3) is 0 Å². The zero-order valence-corrected chi connectivity index (χ0v) is 16.9. The minimum atomic E-state index is -0.300. The number of aromatic nitrogens is 2. The molecule has 2 amide bonds. The number of carbonyl (C=O) groups excluding carboxylic acids is 2. The molecule has 0 unspecified atom stereocenters. The highest BCUT2D eigenvalue weighted by atomic mass is 79.9. The van der Waals surface area contributed by atoms with E-state index in [2.05, 4.69) is 26.1 Å². The van der Waals surface area contributed by atoms with Crippen LogP contribution in [0, 0.1) is 5.92 Å². The summed E-state index contributed by atoms with van der Waals surface area (Å²) in [6.07, 6.45) is 0.424. The van der Waals surface area contributed by atoms with Gasteiger partial charge < -0.3 is 14.5 Å². The average molecular weight is 415 g/mol. The Hall–Kier alpha value is -1.57. The van der Waals surface area contributed by atoms with Gasteiger partial charge in [-0.2, -0.15) is 5.10 Å². The molecule has 0 radical (unpaired) electrons. The number of H-pyrrole nitrogens is 1. The molecule has 0 saturated carbocycles. The number of rotatable bonds is 4. The fourth-order valence-electron chi connectivity index (χ4n) is 2.65. The monoisotopic (exact) mass is 414 g/mol. The highest BCUT2D eigenvalue weighted by Gasteiger charge is 2.27. The van der Waals surface area contributed by atoms with Gasteiger partial charge in [0.25, 0.3) is 5.91 Å². The van der Waals surface area contributed by atoms with Gasteiger partial charge in [0.2, 0.25) is 0 Å². The van der Waals surface area contributed by atoms with Gasteiger partial charge in [-0.05, 0) is 34.2 Å². The number of nitrogens with one attached hydrogen (secondary N) is 1. The van der Waals surface area contributed by atoms with Crippen LogP contribution in [-0.4, -0.2) is 64.8 Å². The maximum Gasteiger partial charge on any atom is 0.409 e. The smallest absolute Gasteiger partial charge is 0.409 e. The molecule has 1 aliphatic rings. The minimum absolute atomic E-state index is 0.118. The van der Waals surface area contributed by atoms with E-state index in [1.807, 2.05) is 27.7 Å². The van der Waals surface area contributed by atoms with Crippen LogP contribution in [0.2, 0.25) is 0 Å². The number of amides is 2. The molecule has 2 rings (SSSR count). The Morgan fingerprint density at radius 1 is 1.16 bits per heavy atom. The molecule has 0 aromatic carbocycles. The van der Waals surface area contributed by atoms with Crippen LogP contribution in [0.4, 0.5) is 4.79 Å². The first-order valence-corrected chi connectivity index (χ1v) is 9.55. The molecule has 0 aliphatic carbocycles. The van der Waals surface area contributed by atoms with Crippen molar-refractivity contribution in [3.8, 4) is 0 Å². The third-order valence-electron chi connectivity index (χ3n) is 4.09. The third-order valence-corrected chi connectivity index (χ3v) is 4.90. The Labute approximate surface area is 157 Å². The van der Waals surface area contributed by atoms with E-state index in [1.54, 1.807) is 9.80 Å². The quantitative estimate of drug-likeness (QED) is 0.819. The minimum Gasteiger partial charge on any atom is -0.449 e. The Morgan fingerprint density at radius 2 is 1.80 bits per heavy atom. The van der Waals surface area contributed by atoms with Gasteiger partial charge in [-0.1, -0.05) is 27.7 Å². The first-order chi connectivity index (χ1) is 11.8. The van der Waals surface area contributed by atoms with Crippen molar-refractivity contribution in [2.24, 2.45) is 5.92 Å². The molecule has 1 saturated heterocycles. The van der Waals surface area contributed by atoms with Crippen LogP contribution < -0.4 is 0 Å². The summed E-state index contributed by atoms with van der Waals surface area (Å²) in [5.74, 6) is 0.437. The maximum atomic E-state index is 12.8. The molecule has 1 aromatic rings. The van der Waals surface area contributed by atoms with Crippen LogP contribution in [-0.2, 0) is 4.74 Å². The maximum absolute atomic E-state index is 12.8. The van der Waals surface area contributed by atoms with Crippen LogP contribution in [0.5, 0.6) is 0 Å². The average Bonchev–Trinajstić information content (AvgIpc) is 2.79. The van der Waals surface area contributed by atoms with Crippen molar-refractivity contribution in [3.63, 3.8) is 0 Å². The molecule has 0 atom stereocenters. The molecular weight excluding hydrogens is 388 g/mol. The van der Waals surface area contributed by atoms with E-state index >= 15 is 0 Å². The molecule has 2 heterocycles. The van der Waals surface area contributed by atoms with Gasteiger partial charge in [-0.15, -0.1) is 0 Å². The van der Waals surface area contributed by atoms with E-state index in [4.69, 9.17) is 4.74 Å². The van der Waals surface area contributed by atoms with Crippen molar-refractivity contribution in [1.82, 2.24) is 20.0 Å². The fraction of sp³-hybridized carbons (Fsp3) is 0.706. The molecule has 25 heavy (non-hydrogen) atoms. The van der Waals surface area contributed by atoms with E-state index in [1.165, 1.54) is 0 Å². The second-order valence-corrected chi connectivity index (χ2v) is 7.85. The van der Waals surface area contributed by atoms with E-state index < -0.39 is 0 Å². The number of carbonyl (C=O) groups is 2. The van der Waals surface area contributed by atoms with Gasteiger partial charge in [0.15, 0.2) is 5.69 Å². The molecule has 1 aromatic heterocycles. The first-order valence-electron chi connectivity index (χ1n) is 8.76. The van der Waals surface area contributed by atoms with Gasteiger partial charge in [0.1, 0.15) is 0 Å². The zero-order chi connectivity index (χ0) is 18.6. The number of halogens is 1. The molecular formula is C17H27BrN4O3. The van der Waals surface area contributed by atoms with Crippen LogP contribution in [0.1, 0.15) is 56.2 Å². The molecule has 140 valence electrons. The predicted molar refractivity (Wildman–Crippen MR) is 98.7 cm³/mol. The lowest BCUT2D eigenvalue weighted by Gasteiger charge is -2.21. The molecule has 0 spiro atoms. The zero-order valence-electron chi connectivity index (χ0n) is 15.3. The Bertz CT molecular complexity index is 615. The largest absolute Gasteiger partial charge is 0.449 e. The van der Waals surface area contributed by atoms with Crippen molar-refractivity contribution in [2.45, 2.75) is 40.0 Å². The lowest BCUT2D eigenvalue weighted by atomic mass is 10.1. The SMILES string of the molecule is CC(C)COC(=O)N1CCCN(C(=O)c2n[nH]c(C(C)C)c2Br)CC1. The summed E-state index contributed by atoms with van der Waals surface area (Å²) in [6.45, 7) is 10.7.